The molecule has 18 heavy (non-hydrogen) atoms. The molecule has 0 saturated heterocycles. The highest BCUT2D eigenvalue weighted by atomic mass is 14.7. The molecule has 0 bridgehead atoms. The van der Waals surface area contributed by atoms with E-state index in [0.29, 0.717) is 0 Å². The zero-order chi connectivity index (χ0) is 13.4. The highest BCUT2D eigenvalue weighted by molar-refractivity contribution is 5.19. The third-order valence-electron chi connectivity index (χ3n) is 3.41. The number of pyridine rings is 1. The van der Waals surface area contributed by atoms with Crippen LogP contribution in [0.1, 0.15) is 77.5 Å². The standard InChI is InChI=1S/C17H29N/c1-5-6-7-8-9-10-11-15-12-13-16(18-14-15)17(2,3)4/h12-14H,5-11H2,1-4H3. The van der Waals surface area contributed by atoms with Crippen molar-refractivity contribution in [2.75, 3.05) is 0 Å². The first-order chi connectivity index (χ1) is 8.54. The predicted molar refractivity (Wildman–Crippen MR) is 80.0 cm³/mol. The first kappa shape index (κ1) is 15.2. The molecule has 0 saturated carbocycles. The number of hydrogen-bond acceptors (Lipinski definition) is 1. The summed E-state index contributed by atoms with van der Waals surface area (Å²) in [5, 5.41) is 0. The lowest BCUT2D eigenvalue weighted by Crippen LogP contribution is -2.13. The minimum absolute atomic E-state index is 0.165. The van der Waals surface area contributed by atoms with E-state index in [1.165, 1.54) is 56.2 Å². The van der Waals surface area contributed by atoms with Crippen molar-refractivity contribution in [2.24, 2.45) is 0 Å². The summed E-state index contributed by atoms with van der Waals surface area (Å²) in [7, 11) is 0. The molecule has 1 aromatic rings. The molecule has 102 valence electrons. The minimum atomic E-state index is 0.165. The van der Waals surface area contributed by atoms with Gasteiger partial charge in [-0.25, -0.2) is 0 Å². The molecule has 0 aliphatic heterocycles. The van der Waals surface area contributed by atoms with Crippen molar-refractivity contribution >= 4 is 0 Å². The second kappa shape index (κ2) is 7.56. The molecular formula is C17H29N. The Balaban J connectivity index is 2.27. The van der Waals surface area contributed by atoms with Gasteiger partial charge in [-0.1, -0.05) is 65.9 Å². The van der Waals surface area contributed by atoms with E-state index in [2.05, 4.69) is 51.0 Å². The van der Waals surface area contributed by atoms with E-state index in [4.69, 9.17) is 0 Å². The Hall–Kier alpha value is -0.850. The Labute approximate surface area is 113 Å². The van der Waals surface area contributed by atoms with E-state index in [1.807, 2.05) is 0 Å². The van der Waals surface area contributed by atoms with Gasteiger partial charge in [0, 0.05) is 17.3 Å². The first-order valence-corrected chi connectivity index (χ1v) is 7.49. The topological polar surface area (TPSA) is 12.9 Å². The third kappa shape index (κ3) is 5.66. The Morgan fingerprint density at radius 2 is 1.61 bits per heavy atom. The lowest BCUT2D eigenvalue weighted by molar-refractivity contribution is 0.567. The van der Waals surface area contributed by atoms with E-state index < -0.39 is 0 Å². The zero-order valence-corrected chi connectivity index (χ0v) is 12.6. The highest BCUT2D eigenvalue weighted by Gasteiger charge is 2.14. The van der Waals surface area contributed by atoms with Crippen LogP contribution >= 0.6 is 0 Å². The van der Waals surface area contributed by atoms with Crippen molar-refractivity contribution in [2.45, 2.75) is 78.1 Å². The summed E-state index contributed by atoms with van der Waals surface area (Å²) in [6, 6.07) is 4.44. The van der Waals surface area contributed by atoms with Gasteiger partial charge in [0.15, 0.2) is 0 Å². The van der Waals surface area contributed by atoms with E-state index in [-0.39, 0.29) is 5.41 Å². The maximum absolute atomic E-state index is 4.58. The number of aromatic nitrogens is 1. The molecule has 0 aliphatic carbocycles. The van der Waals surface area contributed by atoms with Crippen LogP contribution in [0.25, 0.3) is 0 Å². The fourth-order valence-electron chi connectivity index (χ4n) is 2.13. The summed E-state index contributed by atoms with van der Waals surface area (Å²) in [5.41, 5.74) is 2.74. The summed E-state index contributed by atoms with van der Waals surface area (Å²) in [6.45, 7) is 8.90. The number of hydrogen-bond donors (Lipinski definition) is 0. The van der Waals surface area contributed by atoms with Crippen molar-refractivity contribution in [3.05, 3.63) is 29.6 Å². The molecular weight excluding hydrogens is 218 g/mol. The van der Waals surface area contributed by atoms with Crippen molar-refractivity contribution in [3.63, 3.8) is 0 Å². The average Bonchev–Trinajstić information content (AvgIpc) is 2.33. The lowest BCUT2D eigenvalue weighted by atomic mass is 9.91. The number of aryl methyl sites for hydroxylation is 1. The molecule has 1 heterocycles. The highest BCUT2D eigenvalue weighted by Crippen LogP contribution is 2.20. The summed E-state index contributed by atoms with van der Waals surface area (Å²) in [6.07, 6.45) is 11.4. The van der Waals surface area contributed by atoms with Crippen LogP contribution in [0.5, 0.6) is 0 Å². The van der Waals surface area contributed by atoms with Crippen LogP contribution in [-0.2, 0) is 11.8 Å². The van der Waals surface area contributed by atoms with Crippen LogP contribution < -0.4 is 0 Å². The van der Waals surface area contributed by atoms with Gasteiger partial charge in [-0.05, 0) is 24.5 Å². The molecule has 0 unspecified atom stereocenters. The van der Waals surface area contributed by atoms with E-state index in [0.717, 1.165) is 0 Å². The van der Waals surface area contributed by atoms with Crippen LogP contribution in [0, 0.1) is 0 Å². The minimum Gasteiger partial charge on any atom is -0.260 e. The molecule has 1 rings (SSSR count). The maximum atomic E-state index is 4.58. The van der Waals surface area contributed by atoms with Gasteiger partial charge in [0.1, 0.15) is 0 Å². The molecule has 0 aliphatic rings. The number of unbranched alkanes of at least 4 members (excludes halogenated alkanes) is 5. The maximum Gasteiger partial charge on any atom is 0.0457 e. The normalized spacial score (nSPS) is 11.8. The van der Waals surface area contributed by atoms with Crippen LogP contribution in [-0.4, -0.2) is 4.98 Å². The fraction of sp³-hybridized carbons (Fsp3) is 0.706. The molecule has 0 fully saturated rings. The Kier molecular flexibility index (Phi) is 6.38. The Morgan fingerprint density at radius 1 is 0.944 bits per heavy atom. The third-order valence-corrected chi connectivity index (χ3v) is 3.41. The molecule has 0 radical (unpaired) electrons. The quantitative estimate of drug-likeness (QED) is 0.597. The van der Waals surface area contributed by atoms with E-state index in [9.17, 15) is 0 Å². The SMILES string of the molecule is CCCCCCCCc1ccc(C(C)(C)C)nc1. The second-order valence-corrected chi connectivity index (χ2v) is 6.32. The lowest BCUT2D eigenvalue weighted by Gasteiger charge is -2.17. The van der Waals surface area contributed by atoms with Crippen molar-refractivity contribution in [3.8, 4) is 0 Å². The van der Waals surface area contributed by atoms with Crippen molar-refractivity contribution < 1.29 is 0 Å². The van der Waals surface area contributed by atoms with E-state index >= 15 is 0 Å². The van der Waals surface area contributed by atoms with Gasteiger partial charge in [0.25, 0.3) is 0 Å². The van der Waals surface area contributed by atoms with Gasteiger partial charge < -0.3 is 0 Å². The summed E-state index contributed by atoms with van der Waals surface area (Å²) >= 11 is 0. The summed E-state index contributed by atoms with van der Waals surface area (Å²) in [4.78, 5) is 4.58. The largest absolute Gasteiger partial charge is 0.260 e. The fourth-order valence-corrected chi connectivity index (χ4v) is 2.13. The molecule has 1 heteroatoms. The van der Waals surface area contributed by atoms with Gasteiger partial charge in [0.05, 0.1) is 0 Å². The van der Waals surface area contributed by atoms with Gasteiger partial charge in [-0.3, -0.25) is 4.98 Å². The predicted octanol–water partition coefficient (Wildman–Crippen LogP) is 5.28. The van der Waals surface area contributed by atoms with Crippen LogP contribution in [0.4, 0.5) is 0 Å². The molecule has 0 aromatic carbocycles. The average molecular weight is 247 g/mol. The smallest absolute Gasteiger partial charge is 0.0457 e. The van der Waals surface area contributed by atoms with Crippen LogP contribution in [0.2, 0.25) is 0 Å². The number of nitrogens with zero attached hydrogens (tertiary/aromatic N) is 1. The van der Waals surface area contributed by atoms with Gasteiger partial charge in [0.2, 0.25) is 0 Å². The van der Waals surface area contributed by atoms with E-state index in [1.54, 1.807) is 0 Å². The first-order valence-electron chi connectivity index (χ1n) is 7.49. The molecule has 0 spiro atoms. The number of rotatable bonds is 7. The molecule has 1 aromatic heterocycles. The second-order valence-electron chi connectivity index (χ2n) is 6.32. The zero-order valence-electron chi connectivity index (χ0n) is 12.6. The molecule has 0 N–H and O–H groups in total. The summed E-state index contributed by atoms with van der Waals surface area (Å²) < 4.78 is 0. The van der Waals surface area contributed by atoms with Crippen LogP contribution in [0.15, 0.2) is 18.3 Å². The van der Waals surface area contributed by atoms with Crippen LogP contribution in [0.3, 0.4) is 0 Å². The van der Waals surface area contributed by atoms with Crippen molar-refractivity contribution in [1.82, 2.24) is 4.98 Å². The van der Waals surface area contributed by atoms with Crippen molar-refractivity contribution in [1.29, 1.82) is 0 Å². The monoisotopic (exact) mass is 247 g/mol. The Morgan fingerprint density at radius 3 is 2.17 bits per heavy atom. The van der Waals surface area contributed by atoms with Gasteiger partial charge in [-0.2, -0.15) is 0 Å². The van der Waals surface area contributed by atoms with Gasteiger partial charge in [-0.15, -0.1) is 0 Å². The molecule has 0 atom stereocenters. The Bertz CT molecular complexity index is 318. The summed E-state index contributed by atoms with van der Waals surface area (Å²) in [5.74, 6) is 0. The van der Waals surface area contributed by atoms with Gasteiger partial charge >= 0.3 is 0 Å². The molecule has 1 nitrogen and oxygen atoms in total. The molecule has 0 amide bonds.